The fraction of sp³-hybridized carbons (Fsp3) is 0.300. The molecule has 3 aromatic rings. The number of aryl methyl sites for hydroxylation is 1. The molecule has 0 spiro atoms. The van der Waals surface area contributed by atoms with Crippen LogP contribution in [0.2, 0.25) is 0 Å². The van der Waals surface area contributed by atoms with Crippen LogP contribution in [0, 0.1) is 6.92 Å². The first kappa shape index (κ1) is 20.0. The number of rotatable bonds is 7. The Morgan fingerprint density at radius 2 is 1.82 bits per heavy atom. The third-order valence-electron chi connectivity index (χ3n) is 4.52. The van der Waals surface area contributed by atoms with Crippen LogP contribution in [0.1, 0.15) is 37.7 Å². The third-order valence-corrected chi connectivity index (χ3v) is 6.08. The fourth-order valence-corrected chi connectivity index (χ4v) is 4.07. The van der Waals surface area contributed by atoms with Gasteiger partial charge in [0.25, 0.3) is 0 Å². The van der Waals surface area contributed by atoms with Gasteiger partial charge in [-0.15, -0.1) is 0 Å². The Labute approximate surface area is 164 Å². The number of H-pyrrole nitrogens is 1. The molecule has 0 fully saturated rings. The van der Waals surface area contributed by atoms with Gasteiger partial charge >= 0.3 is 0 Å². The van der Waals surface area contributed by atoms with E-state index >= 15 is 0 Å². The molecule has 8 heteroatoms. The predicted octanol–water partition coefficient (Wildman–Crippen LogP) is 2.81. The van der Waals surface area contributed by atoms with E-state index in [1.54, 1.807) is 12.1 Å². The summed E-state index contributed by atoms with van der Waals surface area (Å²) in [5.41, 5.74) is 2.66. The van der Waals surface area contributed by atoms with E-state index in [1.165, 1.54) is 19.1 Å². The number of para-hydroxylation sites is 2. The van der Waals surface area contributed by atoms with Crippen molar-refractivity contribution >= 4 is 27.0 Å². The van der Waals surface area contributed by atoms with E-state index in [0.29, 0.717) is 12.2 Å². The minimum Gasteiger partial charge on any atom is -0.345 e. The largest absolute Gasteiger partial charge is 0.345 e. The van der Waals surface area contributed by atoms with E-state index in [4.69, 9.17) is 0 Å². The SMILES string of the molecule is CCC(NC(=O)[C@H](C)NS(=O)(=O)c1ccc(C)cc1)c1nc2ccccc2[nH]1. The Morgan fingerprint density at radius 3 is 2.46 bits per heavy atom. The summed E-state index contributed by atoms with van der Waals surface area (Å²) in [6.45, 7) is 5.33. The molecule has 0 bridgehead atoms. The maximum Gasteiger partial charge on any atom is 0.241 e. The molecule has 1 unspecified atom stereocenters. The second kappa shape index (κ2) is 8.12. The van der Waals surface area contributed by atoms with Gasteiger partial charge in [0.05, 0.1) is 28.0 Å². The highest BCUT2D eigenvalue weighted by Gasteiger charge is 2.25. The number of hydrogen-bond acceptors (Lipinski definition) is 4. The van der Waals surface area contributed by atoms with Crippen LogP contribution in [-0.2, 0) is 14.8 Å². The lowest BCUT2D eigenvalue weighted by atomic mass is 10.2. The van der Waals surface area contributed by atoms with Crippen molar-refractivity contribution in [3.63, 3.8) is 0 Å². The van der Waals surface area contributed by atoms with Gasteiger partial charge in [-0.05, 0) is 44.5 Å². The number of benzene rings is 2. The van der Waals surface area contributed by atoms with Crippen LogP contribution >= 0.6 is 0 Å². The summed E-state index contributed by atoms with van der Waals surface area (Å²) in [5.74, 6) is 0.230. The van der Waals surface area contributed by atoms with E-state index in [2.05, 4.69) is 20.0 Å². The van der Waals surface area contributed by atoms with Crippen molar-refractivity contribution in [3.8, 4) is 0 Å². The van der Waals surface area contributed by atoms with Gasteiger partial charge in [-0.3, -0.25) is 4.79 Å². The van der Waals surface area contributed by atoms with Crippen LogP contribution in [0.4, 0.5) is 0 Å². The molecule has 3 N–H and O–H groups in total. The molecule has 0 radical (unpaired) electrons. The van der Waals surface area contributed by atoms with Crippen molar-refractivity contribution in [1.82, 2.24) is 20.0 Å². The number of nitrogens with zero attached hydrogens (tertiary/aromatic N) is 1. The number of nitrogens with one attached hydrogen (secondary N) is 3. The minimum absolute atomic E-state index is 0.127. The van der Waals surface area contributed by atoms with Crippen LogP contribution in [-0.4, -0.2) is 30.3 Å². The first-order chi connectivity index (χ1) is 13.3. The quantitative estimate of drug-likeness (QED) is 0.567. The van der Waals surface area contributed by atoms with Crippen LogP contribution in [0.3, 0.4) is 0 Å². The first-order valence-electron chi connectivity index (χ1n) is 9.14. The van der Waals surface area contributed by atoms with E-state index in [0.717, 1.165) is 16.6 Å². The highest BCUT2D eigenvalue weighted by atomic mass is 32.2. The smallest absolute Gasteiger partial charge is 0.241 e. The number of aromatic nitrogens is 2. The van der Waals surface area contributed by atoms with Crippen LogP contribution in [0.15, 0.2) is 53.4 Å². The standard InChI is InChI=1S/C20H24N4O3S/c1-4-16(19-21-17-7-5-6-8-18(17)22-19)23-20(25)14(3)24-28(26,27)15-11-9-13(2)10-12-15/h5-12,14,16,24H,4H2,1-3H3,(H,21,22)(H,23,25)/t14-,16?/m0/s1. The summed E-state index contributed by atoms with van der Waals surface area (Å²) < 4.78 is 27.4. The topological polar surface area (TPSA) is 104 Å². The molecular formula is C20H24N4O3S. The van der Waals surface area contributed by atoms with Crippen molar-refractivity contribution in [1.29, 1.82) is 0 Å². The number of hydrogen-bond donors (Lipinski definition) is 3. The third kappa shape index (κ3) is 4.40. The zero-order chi connectivity index (χ0) is 20.3. The Kier molecular flexibility index (Phi) is 5.81. The first-order valence-corrected chi connectivity index (χ1v) is 10.6. The van der Waals surface area contributed by atoms with Gasteiger partial charge < -0.3 is 10.3 Å². The van der Waals surface area contributed by atoms with Crippen LogP contribution < -0.4 is 10.0 Å². The second-order valence-corrected chi connectivity index (χ2v) is 8.48. The fourth-order valence-electron chi connectivity index (χ4n) is 2.87. The molecule has 0 saturated carbocycles. The van der Waals surface area contributed by atoms with E-state index < -0.39 is 22.0 Å². The normalized spacial score (nSPS) is 14.0. The van der Waals surface area contributed by atoms with E-state index in [-0.39, 0.29) is 10.9 Å². The molecule has 0 aliphatic heterocycles. The number of amides is 1. The number of imidazole rings is 1. The minimum atomic E-state index is -3.78. The maximum absolute atomic E-state index is 12.6. The molecule has 2 aromatic carbocycles. The molecule has 28 heavy (non-hydrogen) atoms. The molecule has 3 rings (SSSR count). The van der Waals surface area contributed by atoms with Crippen LogP contribution in [0.5, 0.6) is 0 Å². The maximum atomic E-state index is 12.6. The van der Waals surface area contributed by atoms with Gasteiger partial charge in [-0.2, -0.15) is 4.72 Å². The lowest BCUT2D eigenvalue weighted by molar-refractivity contribution is -0.123. The van der Waals surface area contributed by atoms with Gasteiger partial charge in [0, 0.05) is 0 Å². The summed E-state index contributed by atoms with van der Waals surface area (Å²) in [4.78, 5) is 20.4. The van der Waals surface area contributed by atoms with Crippen molar-refractivity contribution in [3.05, 3.63) is 59.9 Å². The van der Waals surface area contributed by atoms with Gasteiger partial charge in [0.2, 0.25) is 15.9 Å². The van der Waals surface area contributed by atoms with Crippen molar-refractivity contribution in [2.45, 2.75) is 44.2 Å². The van der Waals surface area contributed by atoms with Crippen molar-refractivity contribution < 1.29 is 13.2 Å². The molecule has 148 valence electrons. The highest BCUT2D eigenvalue weighted by Crippen LogP contribution is 2.18. The molecule has 0 aliphatic carbocycles. The molecule has 0 aliphatic rings. The number of carbonyl (C=O) groups excluding carboxylic acids is 1. The molecule has 1 aromatic heterocycles. The van der Waals surface area contributed by atoms with Gasteiger partial charge in [-0.25, -0.2) is 13.4 Å². The summed E-state index contributed by atoms with van der Waals surface area (Å²) in [5, 5.41) is 2.87. The average Bonchev–Trinajstić information content (AvgIpc) is 3.09. The molecule has 1 heterocycles. The van der Waals surface area contributed by atoms with Gasteiger partial charge in [-0.1, -0.05) is 36.8 Å². The van der Waals surface area contributed by atoms with Crippen molar-refractivity contribution in [2.24, 2.45) is 0 Å². The molecule has 2 atom stereocenters. The second-order valence-electron chi connectivity index (χ2n) is 6.76. The zero-order valence-electron chi connectivity index (χ0n) is 16.1. The Morgan fingerprint density at radius 1 is 1.14 bits per heavy atom. The van der Waals surface area contributed by atoms with Gasteiger partial charge in [0.15, 0.2) is 0 Å². The number of carbonyl (C=O) groups is 1. The Balaban J connectivity index is 1.70. The Bertz CT molecular complexity index is 1040. The molecule has 7 nitrogen and oxygen atoms in total. The summed E-state index contributed by atoms with van der Waals surface area (Å²) in [6.07, 6.45) is 0.614. The Hall–Kier alpha value is -2.71. The lowest BCUT2D eigenvalue weighted by Gasteiger charge is -2.19. The lowest BCUT2D eigenvalue weighted by Crippen LogP contribution is -2.45. The summed E-state index contributed by atoms with van der Waals surface area (Å²) in [7, 11) is -3.78. The molecular weight excluding hydrogens is 376 g/mol. The van der Waals surface area contributed by atoms with Gasteiger partial charge in [0.1, 0.15) is 5.82 Å². The number of aromatic amines is 1. The van der Waals surface area contributed by atoms with E-state index in [9.17, 15) is 13.2 Å². The molecule has 0 saturated heterocycles. The van der Waals surface area contributed by atoms with E-state index in [1.807, 2.05) is 38.1 Å². The van der Waals surface area contributed by atoms with Crippen LogP contribution in [0.25, 0.3) is 11.0 Å². The summed E-state index contributed by atoms with van der Waals surface area (Å²) in [6, 6.07) is 12.8. The molecule has 1 amide bonds. The summed E-state index contributed by atoms with van der Waals surface area (Å²) >= 11 is 0. The van der Waals surface area contributed by atoms with Crippen molar-refractivity contribution in [2.75, 3.05) is 0 Å². The average molecular weight is 401 g/mol. The zero-order valence-corrected chi connectivity index (χ0v) is 16.9. The highest BCUT2D eigenvalue weighted by molar-refractivity contribution is 7.89. The number of sulfonamides is 1. The number of fused-ring (bicyclic) bond motifs is 1. The predicted molar refractivity (Wildman–Crippen MR) is 108 cm³/mol. The monoisotopic (exact) mass is 400 g/mol.